The van der Waals surface area contributed by atoms with Gasteiger partial charge in [0.1, 0.15) is 0 Å². The van der Waals surface area contributed by atoms with Gasteiger partial charge in [0, 0.05) is 0 Å². The van der Waals surface area contributed by atoms with E-state index in [1.54, 1.807) is 0 Å². The van der Waals surface area contributed by atoms with Crippen molar-refractivity contribution in [3.8, 4) is 0 Å². The molecule has 0 aliphatic heterocycles. The van der Waals surface area contributed by atoms with Crippen molar-refractivity contribution < 1.29 is 37.7 Å². The van der Waals surface area contributed by atoms with E-state index in [0.29, 0.717) is 0 Å². The van der Waals surface area contributed by atoms with Crippen LogP contribution >= 0.6 is 16.4 Å². The second-order valence-electron chi connectivity index (χ2n) is 4.01. The molecule has 0 amide bonds. The van der Waals surface area contributed by atoms with Crippen molar-refractivity contribution in [3.05, 3.63) is 72.3 Å². The van der Waals surface area contributed by atoms with Gasteiger partial charge in [-0.05, 0) is 0 Å². The summed E-state index contributed by atoms with van der Waals surface area (Å²) in [6.07, 6.45) is 0. The third-order valence-electron chi connectivity index (χ3n) is 2.81. The summed E-state index contributed by atoms with van der Waals surface area (Å²) in [6, 6.07) is 21.3. The molecule has 0 fully saturated rings. The van der Waals surface area contributed by atoms with Crippen LogP contribution in [0.15, 0.2) is 72.3 Å². The summed E-state index contributed by atoms with van der Waals surface area (Å²) in [5.41, 5.74) is 0. The molecule has 0 nitrogen and oxygen atoms in total. The monoisotopic (exact) mass is 280 g/mol. The van der Waals surface area contributed by atoms with E-state index in [1.807, 2.05) is 0 Å². The van der Waals surface area contributed by atoms with E-state index in [1.165, 1.54) is 37.4 Å². The second kappa shape index (κ2) is 8.88. The van der Waals surface area contributed by atoms with Crippen molar-refractivity contribution in [2.24, 2.45) is 0 Å². The van der Waals surface area contributed by atoms with Gasteiger partial charge in [0.15, 0.2) is 0 Å². The molecule has 0 bridgehead atoms. The maximum atomic E-state index is 2.17. The van der Waals surface area contributed by atoms with Gasteiger partial charge in [-0.15, -0.1) is 0 Å². The number of fused-ring (bicyclic) bond motifs is 2. The van der Waals surface area contributed by atoms with Crippen LogP contribution in [0.4, 0.5) is 0 Å². The first kappa shape index (κ1) is 17.8. The van der Waals surface area contributed by atoms with Gasteiger partial charge in [-0.1, -0.05) is 71.4 Å². The van der Waals surface area contributed by atoms with Gasteiger partial charge in [-0.3, -0.25) is 0 Å². The topological polar surface area (TPSA) is 0 Å². The van der Waals surface area contributed by atoms with Crippen molar-refractivity contribution in [1.29, 1.82) is 0 Å². The molecule has 0 unspecified atom stereocenters. The molecular formula is C16H12Li2P2. The van der Waals surface area contributed by atoms with Crippen molar-refractivity contribution in [2.45, 2.75) is 0 Å². The van der Waals surface area contributed by atoms with Gasteiger partial charge in [-0.2, -0.15) is 10.2 Å². The fourth-order valence-corrected chi connectivity index (χ4v) is 3.62. The molecule has 0 saturated carbocycles. The third-order valence-corrected chi connectivity index (χ3v) is 4.78. The van der Waals surface area contributed by atoms with Gasteiger partial charge in [0.2, 0.25) is 0 Å². The molecule has 4 rings (SSSR count). The van der Waals surface area contributed by atoms with Crippen LogP contribution < -0.4 is 37.7 Å². The molecule has 0 saturated heterocycles. The smallest absolute Gasteiger partial charge is 0.523 e. The van der Waals surface area contributed by atoms with E-state index in [0.717, 1.165) is 0 Å². The largest absolute Gasteiger partial charge is 1.00 e. The molecule has 0 aliphatic carbocycles. The molecular weight excluding hydrogens is 268 g/mol. The summed E-state index contributed by atoms with van der Waals surface area (Å²) in [4.78, 5) is 0. The van der Waals surface area contributed by atoms with Crippen molar-refractivity contribution in [1.82, 2.24) is 0 Å². The Morgan fingerprint density at radius 1 is 0.500 bits per heavy atom. The minimum absolute atomic E-state index is 0. The Labute approximate surface area is 146 Å². The Hall–Kier alpha value is -0.285. The van der Waals surface area contributed by atoms with Gasteiger partial charge >= 0.3 is 37.7 Å². The normalized spacial score (nSPS) is 10.0. The van der Waals surface area contributed by atoms with Gasteiger partial charge < -0.3 is 16.4 Å². The molecule has 20 heavy (non-hydrogen) atoms. The first-order chi connectivity index (χ1) is 8.93. The summed E-state index contributed by atoms with van der Waals surface area (Å²) < 4.78 is 0. The van der Waals surface area contributed by atoms with Crippen LogP contribution in [0, 0.1) is 0 Å². The van der Waals surface area contributed by atoms with Crippen LogP contribution in [0.3, 0.4) is 0 Å². The zero-order valence-electron chi connectivity index (χ0n) is 11.8. The number of rotatable bonds is 0. The molecule has 2 aromatic heterocycles. The minimum atomic E-state index is 0. The van der Waals surface area contributed by atoms with Crippen molar-refractivity contribution in [2.75, 3.05) is 0 Å². The van der Waals surface area contributed by atoms with E-state index in [4.69, 9.17) is 0 Å². The van der Waals surface area contributed by atoms with Gasteiger partial charge in [0.05, 0.1) is 0 Å². The molecule has 0 atom stereocenters. The molecule has 0 spiro atoms. The quantitative estimate of drug-likeness (QED) is 0.406. The van der Waals surface area contributed by atoms with E-state index < -0.39 is 0 Å². The maximum absolute atomic E-state index is 2.17. The average Bonchev–Trinajstić information content (AvgIpc) is 3.08. The predicted molar refractivity (Wildman–Crippen MR) is 84.1 cm³/mol. The Kier molecular flexibility index (Phi) is 7.89. The first-order valence-electron chi connectivity index (χ1n) is 5.86. The molecule has 0 aliphatic rings. The van der Waals surface area contributed by atoms with E-state index in [9.17, 15) is 0 Å². The summed E-state index contributed by atoms with van der Waals surface area (Å²) in [5, 5.41) is 5.60. The molecule has 88 valence electrons. The van der Waals surface area contributed by atoms with Gasteiger partial charge in [-0.25, -0.2) is 11.6 Å². The maximum Gasteiger partial charge on any atom is 1.00 e. The van der Waals surface area contributed by atoms with Crippen LogP contribution in [-0.2, 0) is 0 Å². The van der Waals surface area contributed by atoms with E-state index in [-0.39, 0.29) is 37.7 Å². The van der Waals surface area contributed by atoms with Crippen LogP contribution in [-0.4, -0.2) is 0 Å². The van der Waals surface area contributed by atoms with Crippen LogP contribution in [0.1, 0.15) is 0 Å². The number of hydrogen-bond acceptors (Lipinski definition) is 0. The van der Waals surface area contributed by atoms with Gasteiger partial charge in [0.25, 0.3) is 0 Å². The Morgan fingerprint density at radius 3 is 1.30 bits per heavy atom. The Balaban J connectivity index is 0.000000182. The van der Waals surface area contributed by atoms with Crippen LogP contribution in [0.5, 0.6) is 0 Å². The summed E-state index contributed by atoms with van der Waals surface area (Å²) in [7, 11) is 2.69. The molecule has 2 heterocycles. The zero-order chi connectivity index (χ0) is 12.2. The van der Waals surface area contributed by atoms with Crippen molar-refractivity contribution >= 4 is 37.4 Å². The molecule has 4 heteroatoms. The zero-order valence-corrected chi connectivity index (χ0v) is 13.6. The second-order valence-corrected chi connectivity index (χ2v) is 6.08. The Morgan fingerprint density at radius 2 is 0.900 bits per heavy atom. The summed E-state index contributed by atoms with van der Waals surface area (Å²) in [6.45, 7) is 0. The number of hydrogen-bond donors (Lipinski definition) is 0. The van der Waals surface area contributed by atoms with Crippen LogP contribution in [0.25, 0.3) is 21.0 Å². The standard InChI is InChI=1S/2C8H6P.2Li/c2*1-2-4-8-7(3-1)5-6-9-8;;/h2*1-6H;;/q2*-1;2*+1. The van der Waals surface area contributed by atoms with Crippen molar-refractivity contribution in [3.63, 3.8) is 0 Å². The molecule has 2 aromatic carbocycles. The average molecular weight is 280 g/mol. The molecule has 4 aromatic rings. The molecule has 0 N–H and O–H groups in total. The Bertz CT molecular complexity index is 632. The fraction of sp³-hybridized carbons (Fsp3) is 0. The van der Waals surface area contributed by atoms with E-state index >= 15 is 0 Å². The first-order valence-corrected chi connectivity index (χ1v) is 7.79. The molecule has 0 radical (unpaired) electrons. The SMILES string of the molecule is [Li+].[Li+].c1ccc2[p-]ccc2c1.c1ccc2[p-]ccc2c1. The van der Waals surface area contributed by atoms with Crippen LogP contribution in [0.2, 0.25) is 0 Å². The summed E-state index contributed by atoms with van der Waals surface area (Å²) in [5.74, 6) is 4.34. The fourth-order valence-electron chi connectivity index (χ4n) is 1.89. The third kappa shape index (κ3) is 4.35. The minimum Gasteiger partial charge on any atom is -0.523 e. The van der Waals surface area contributed by atoms with E-state index in [2.05, 4.69) is 72.3 Å². The predicted octanol–water partition coefficient (Wildman–Crippen LogP) is 0.286. The summed E-state index contributed by atoms with van der Waals surface area (Å²) >= 11 is 0. The number of benzene rings is 2.